The summed E-state index contributed by atoms with van der Waals surface area (Å²) < 4.78 is 11.2. The molecule has 3 fully saturated rings. The second-order valence-electron chi connectivity index (χ2n) is 5.83. The third-order valence-electron chi connectivity index (χ3n) is 5.06. The van der Waals surface area contributed by atoms with Crippen LogP contribution < -0.4 is 0 Å². The van der Waals surface area contributed by atoms with E-state index in [2.05, 4.69) is 0 Å². The Morgan fingerprint density at radius 2 is 1.73 bits per heavy atom. The van der Waals surface area contributed by atoms with Crippen LogP contribution in [0.15, 0.2) is 0 Å². The smallest absolute Gasteiger partial charge is 0.147 e. The average Bonchev–Trinajstić information content (AvgIpc) is 2.26. The van der Waals surface area contributed by atoms with E-state index in [4.69, 9.17) is 9.47 Å². The summed E-state index contributed by atoms with van der Waals surface area (Å²) in [6.45, 7) is 0.492. The van der Waals surface area contributed by atoms with Crippen molar-refractivity contribution < 1.29 is 9.47 Å². The molecule has 0 saturated heterocycles. The normalized spacial score (nSPS) is 48.2. The molecule has 0 aromatic carbocycles. The number of ether oxygens (including phenoxy) is 2. The standard InChI is InChI=1S/C13H22O2/c1-14-9-15-13-4-2-10-6-11(3-5-13)8-12(13)7-10/h10-12H,2-9H2,1H3. The van der Waals surface area contributed by atoms with Crippen molar-refractivity contribution in [2.75, 3.05) is 13.9 Å². The van der Waals surface area contributed by atoms with Crippen molar-refractivity contribution in [2.45, 2.75) is 50.5 Å². The molecule has 3 bridgehead atoms. The monoisotopic (exact) mass is 210 g/mol. The van der Waals surface area contributed by atoms with Crippen LogP contribution in [0.3, 0.4) is 0 Å². The number of fused-ring (bicyclic) bond motifs is 2. The molecule has 3 aliphatic carbocycles. The highest BCUT2D eigenvalue weighted by Gasteiger charge is 2.51. The van der Waals surface area contributed by atoms with E-state index in [9.17, 15) is 0 Å². The molecule has 0 heterocycles. The second-order valence-corrected chi connectivity index (χ2v) is 5.83. The quantitative estimate of drug-likeness (QED) is 0.667. The summed E-state index contributed by atoms with van der Waals surface area (Å²) in [7, 11) is 1.73. The van der Waals surface area contributed by atoms with E-state index in [-0.39, 0.29) is 5.60 Å². The first-order chi connectivity index (χ1) is 7.32. The lowest BCUT2D eigenvalue weighted by Crippen LogP contribution is -2.52. The third kappa shape index (κ3) is 1.62. The lowest BCUT2D eigenvalue weighted by molar-refractivity contribution is -0.206. The van der Waals surface area contributed by atoms with Crippen molar-refractivity contribution in [1.82, 2.24) is 0 Å². The van der Waals surface area contributed by atoms with E-state index < -0.39 is 0 Å². The van der Waals surface area contributed by atoms with E-state index in [1.54, 1.807) is 7.11 Å². The first-order valence-electron chi connectivity index (χ1n) is 6.45. The molecule has 3 saturated carbocycles. The summed E-state index contributed by atoms with van der Waals surface area (Å²) in [5.41, 5.74) is 0.212. The molecule has 0 amide bonds. The van der Waals surface area contributed by atoms with Gasteiger partial charge in [-0.25, -0.2) is 0 Å². The fourth-order valence-electron chi connectivity index (χ4n) is 4.33. The Hall–Kier alpha value is -0.0800. The predicted octanol–water partition coefficient (Wildman–Crippen LogP) is 2.97. The minimum atomic E-state index is 0.212. The Kier molecular flexibility index (Phi) is 2.52. The minimum Gasteiger partial charge on any atom is -0.359 e. The minimum absolute atomic E-state index is 0.212. The maximum Gasteiger partial charge on any atom is 0.147 e. The Bertz CT molecular complexity index is 217. The third-order valence-corrected chi connectivity index (χ3v) is 5.06. The van der Waals surface area contributed by atoms with E-state index >= 15 is 0 Å². The largest absolute Gasteiger partial charge is 0.359 e. The second kappa shape index (κ2) is 3.74. The molecule has 2 unspecified atom stereocenters. The van der Waals surface area contributed by atoms with E-state index in [1.807, 2.05) is 0 Å². The molecule has 15 heavy (non-hydrogen) atoms. The van der Waals surface area contributed by atoms with Crippen molar-refractivity contribution in [3.63, 3.8) is 0 Å². The van der Waals surface area contributed by atoms with Gasteiger partial charge in [-0.2, -0.15) is 0 Å². The molecule has 0 aliphatic heterocycles. The number of rotatable bonds is 3. The molecule has 0 aromatic heterocycles. The number of methoxy groups -OCH3 is 1. The van der Waals surface area contributed by atoms with Crippen LogP contribution in [-0.2, 0) is 9.47 Å². The molecule has 0 radical (unpaired) electrons. The summed E-state index contributed by atoms with van der Waals surface area (Å²) in [6, 6.07) is 0. The van der Waals surface area contributed by atoms with Crippen LogP contribution in [0.4, 0.5) is 0 Å². The molecular formula is C13H22O2. The summed E-state index contributed by atoms with van der Waals surface area (Å²) in [4.78, 5) is 0. The van der Waals surface area contributed by atoms with Crippen LogP contribution in [0.5, 0.6) is 0 Å². The topological polar surface area (TPSA) is 18.5 Å². The molecule has 0 N–H and O–H groups in total. The predicted molar refractivity (Wildman–Crippen MR) is 58.5 cm³/mol. The van der Waals surface area contributed by atoms with Crippen LogP contribution in [0, 0.1) is 17.8 Å². The summed E-state index contributed by atoms with van der Waals surface area (Å²) in [5.74, 6) is 2.89. The summed E-state index contributed by atoms with van der Waals surface area (Å²) >= 11 is 0. The van der Waals surface area contributed by atoms with Crippen molar-refractivity contribution in [3.8, 4) is 0 Å². The first kappa shape index (κ1) is 10.1. The Morgan fingerprint density at radius 3 is 2.33 bits per heavy atom. The van der Waals surface area contributed by atoms with Crippen molar-refractivity contribution in [3.05, 3.63) is 0 Å². The molecular weight excluding hydrogens is 188 g/mol. The molecule has 3 rings (SSSR count). The Labute approximate surface area is 92.3 Å². The van der Waals surface area contributed by atoms with Gasteiger partial charge in [0.2, 0.25) is 0 Å². The molecule has 2 heteroatoms. The Morgan fingerprint density at radius 1 is 1.07 bits per heavy atom. The van der Waals surface area contributed by atoms with E-state index in [0.717, 1.165) is 17.8 Å². The maximum absolute atomic E-state index is 6.07. The van der Waals surface area contributed by atoms with Gasteiger partial charge in [0.15, 0.2) is 0 Å². The number of hydrogen-bond donors (Lipinski definition) is 0. The van der Waals surface area contributed by atoms with Gasteiger partial charge in [-0.15, -0.1) is 0 Å². The molecule has 2 nitrogen and oxygen atoms in total. The summed E-state index contributed by atoms with van der Waals surface area (Å²) in [5, 5.41) is 0. The highest BCUT2D eigenvalue weighted by molar-refractivity contribution is 5.02. The van der Waals surface area contributed by atoms with Gasteiger partial charge in [-0.3, -0.25) is 0 Å². The molecule has 3 aliphatic rings. The van der Waals surface area contributed by atoms with Crippen molar-refractivity contribution in [2.24, 2.45) is 17.8 Å². The van der Waals surface area contributed by atoms with Gasteiger partial charge in [0.1, 0.15) is 6.79 Å². The van der Waals surface area contributed by atoms with E-state index in [1.165, 1.54) is 44.9 Å². The van der Waals surface area contributed by atoms with Crippen LogP contribution >= 0.6 is 0 Å². The molecule has 2 atom stereocenters. The SMILES string of the molecule is COCOC12CCC3CC(CC1)CC2C3. The first-order valence-corrected chi connectivity index (χ1v) is 6.45. The lowest BCUT2D eigenvalue weighted by atomic mass is 9.55. The van der Waals surface area contributed by atoms with E-state index in [0.29, 0.717) is 6.79 Å². The fraction of sp³-hybridized carbons (Fsp3) is 1.00. The van der Waals surface area contributed by atoms with Crippen LogP contribution in [0.1, 0.15) is 44.9 Å². The van der Waals surface area contributed by atoms with Crippen LogP contribution in [-0.4, -0.2) is 19.5 Å². The average molecular weight is 210 g/mol. The van der Waals surface area contributed by atoms with Crippen molar-refractivity contribution in [1.29, 1.82) is 0 Å². The van der Waals surface area contributed by atoms with Gasteiger partial charge in [-0.1, -0.05) is 0 Å². The van der Waals surface area contributed by atoms with Gasteiger partial charge >= 0.3 is 0 Å². The van der Waals surface area contributed by atoms with Gasteiger partial charge in [0.05, 0.1) is 5.60 Å². The molecule has 0 spiro atoms. The van der Waals surface area contributed by atoms with Crippen LogP contribution in [0.2, 0.25) is 0 Å². The highest BCUT2D eigenvalue weighted by Crippen LogP contribution is 2.55. The van der Waals surface area contributed by atoms with Crippen molar-refractivity contribution >= 4 is 0 Å². The van der Waals surface area contributed by atoms with Gasteiger partial charge in [0.25, 0.3) is 0 Å². The highest BCUT2D eigenvalue weighted by atomic mass is 16.7. The summed E-state index contributed by atoms with van der Waals surface area (Å²) in [6.07, 6.45) is 9.75. The fourth-order valence-corrected chi connectivity index (χ4v) is 4.33. The molecule has 0 aromatic rings. The number of hydrogen-bond acceptors (Lipinski definition) is 2. The van der Waals surface area contributed by atoms with Gasteiger partial charge in [0, 0.05) is 7.11 Å². The molecule has 86 valence electrons. The van der Waals surface area contributed by atoms with Crippen LogP contribution in [0.25, 0.3) is 0 Å². The zero-order chi connectivity index (χ0) is 10.3. The maximum atomic E-state index is 6.07. The van der Waals surface area contributed by atoms with Gasteiger partial charge < -0.3 is 9.47 Å². The lowest BCUT2D eigenvalue weighted by Gasteiger charge is -2.55. The zero-order valence-corrected chi connectivity index (χ0v) is 9.71. The zero-order valence-electron chi connectivity index (χ0n) is 9.71. The Balaban J connectivity index is 1.77. The van der Waals surface area contributed by atoms with Gasteiger partial charge in [-0.05, 0) is 62.7 Å².